The molecule has 0 spiro atoms. The molecule has 0 bridgehead atoms. The summed E-state index contributed by atoms with van der Waals surface area (Å²) in [6.07, 6.45) is 7.51. The van der Waals surface area contributed by atoms with Gasteiger partial charge in [-0.3, -0.25) is 33.7 Å². The molecule has 4 atom stereocenters. The van der Waals surface area contributed by atoms with Crippen molar-refractivity contribution in [3.8, 4) is 21.7 Å². The molecular formula is C65H79N13O9S2. The van der Waals surface area contributed by atoms with Crippen molar-refractivity contribution in [1.82, 2.24) is 54.9 Å². The van der Waals surface area contributed by atoms with E-state index in [1.165, 1.54) is 19.9 Å². The Morgan fingerprint density at radius 1 is 0.888 bits per heavy atom. The van der Waals surface area contributed by atoms with Gasteiger partial charge in [0.25, 0.3) is 11.5 Å². The van der Waals surface area contributed by atoms with Gasteiger partial charge in [-0.05, 0) is 104 Å². The molecule has 0 radical (unpaired) electrons. The number of amides is 5. The number of thiazole rings is 1. The molecule has 7 aromatic rings. The van der Waals surface area contributed by atoms with Gasteiger partial charge in [0.05, 0.1) is 71.4 Å². The van der Waals surface area contributed by atoms with Crippen molar-refractivity contribution in [3.05, 3.63) is 144 Å². The highest BCUT2D eigenvalue weighted by Gasteiger charge is 2.44. The number of piperazine rings is 1. The molecule has 470 valence electrons. The number of ether oxygens (including phenoxy) is 2. The van der Waals surface area contributed by atoms with Gasteiger partial charge in [0, 0.05) is 93.2 Å². The molecule has 89 heavy (non-hydrogen) atoms. The van der Waals surface area contributed by atoms with Crippen LogP contribution in [-0.4, -0.2) is 157 Å². The molecule has 1 aliphatic carbocycles. The van der Waals surface area contributed by atoms with Crippen LogP contribution in [0.3, 0.4) is 0 Å². The lowest BCUT2D eigenvalue weighted by molar-refractivity contribution is -0.144. The molecule has 4 aromatic heterocycles. The van der Waals surface area contributed by atoms with Crippen molar-refractivity contribution in [2.24, 2.45) is 12.5 Å². The zero-order valence-electron chi connectivity index (χ0n) is 51.5. The Balaban J connectivity index is 0.630. The third-order valence-corrected chi connectivity index (χ3v) is 18.8. The zero-order valence-corrected chi connectivity index (χ0v) is 53.2. The minimum absolute atomic E-state index is 0.00248. The molecule has 0 saturated carbocycles. The summed E-state index contributed by atoms with van der Waals surface area (Å²) >= 11 is 3.14. The Bertz CT molecular complexity index is 3700. The van der Waals surface area contributed by atoms with Crippen LogP contribution < -0.4 is 26.8 Å². The standard InChI is InChI=1S/C65H79N13O9S2/c1-40-49(12-10-13-50(40)70-61(82)54-33-45-11-8-9-14-53(45)89-54)51-38-75(7)64(85)59(69-51)68-46-21-19-43(20-22-46)56-62(83)76(26-25-74(56)6)27-31-87-32-28-77-36-47(72-73-77)23-29-86-30-24-55(80)71-58(65(3,4)5)63(84)78-37-48(79)34-52(78)60(81)66-35-42-15-17-44(18-16-42)57-41(2)67-39-88-57/h10,12-13,15-22,33,36,38-39,48,52,56,58,79H,8-9,11,14,23-32,34-35,37H2,1-7H3,(H,66,81)(H,68,69)(H,70,82)(H,71,80)/t48-,52+,56-,58-/m1/s1. The van der Waals surface area contributed by atoms with E-state index < -0.39 is 35.6 Å². The Kier molecular flexibility index (Phi) is 20.6. The Hall–Kier alpha value is -8.00. The number of carbonyl (C=O) groups is 5. The first-order chi connectivity index (χ1) is 42.8. The first-order valence-corrected chi connectivity index (χ1v) is 32.0. The second-order valence-corrected chi connectivity index (χ2v) is 26.2. The third kappa shape index (κ3) is 15.7. The number of anilines is 3. The molecule has 6 heterocycles. The number of fused-ring (bicyclic) bond motifs is 1. The van der Waals surface area contributed by atoms with E-state index >= 15 is 0 Å². The van der Waals surface area contributed by atoms with Crippen molar-refractivity contribution < 1.29 is 38.6 Å². The molecule has 22 nitrogen and oxygen atoms in total. The second-order valence-electron chi connectivity index (χ2n) is 24.2. The predicted molar refractivity (Wildman–Crippen MR) is 342 cm³/mol. The maximum atomic E-state index is 14.1. The fourth-order valence-corrected chi connectivity index (χ4v) is 13.5. The number of thiophene rings is 1. The Morgan fingerprint density at radius 2 is 1.65 bits per heavy atom. The van der Waals surface area contributed by atoms with Crippen LogP contribution in [0.5, 0.6) is 0 Å². The van der Waals surface area contributed by atoms with E-state index in [4.69, 9.17) is 14.5 Å². The maximum Gasteiger partial charge on any atom is 0.293 e. The van der Waals surface area contributed by atoms with Crippen LogP contribution in [0.25, 0.3) is 21.7 Å². The number of benzene rings is 3. The minimum atomic E-state index is -0.956. The smallest absolute Gasteiger partial charge is 0.293 e. The summed E-state index contributed by atoms with van der Waals surface area (Å²) in [5.41, 5.74) is 9.97. The highest BCUT2D eigenvalue weighted by Crippen LogP contribution is 2.34. The second kappa shape index (κ2) is 28.7. The number of aliphatic hydroxyl groups is 1. The van der Waals surface area contributed by atoms with E-state index in [0.29, 0.717) is 73.5 Å². The normalized spacial score (nSPS) is 17.3. The lowest BCUT2D eigenvalue weighted by Crippen LogP contribution is -2.57. The van der Waals surface area contributed by atoms with E-state index in [-0.39, 0.29) is 74.2 Å². The van der Waals surface area contributed by atoms with Gasteiger partial charge in [0.1, 0.15) is 18.1 Å². The van der Waals surface area contributed by atoms with E-state index in [2.05, 4.69) is 36.6 Å². The van der Waals surface area contributed by atoms with Gasteiger partial charge in [0.2, 0.25) is 23.6 Å². The van der Waals surface area contributed by atoms with E-state index in [1.807, 2.05) is 136 Å². The molecule has 5 N–H and O–H groups in total. The molecule has 24 heteroatoms. The van der Waals surface area contributed by atoms with Crippen LogP contribution in [0.4, 0.5) is 17.2 Å². The van der Waals surface area contributed by atoms with Crippen LogP contribution in [-0.2, 0) is 68.1 Å². The molecule has 3 aromatic carbocycles. The number of carbonyl (C=O) groups excluding carboxylic acids is 5. The van der Waals surface area contributed by atoms with Crippen LogP contribution in [0, 0.1) is 19.3 Å². The predicted octanol–water partition coefficient (Wildman–Crippen LogP) is 7.01. The van der Waals surface area contributed by atoms with Crippen molar-refractivity contribution >= 4 is 69.4 Å². The number of aromatic nitrogens is 6. The van der Waals surface area contributed by atoms with Crippen molar-refractivity contribution in [2.45, 2.75) is 117 Å². The summed E-state index contributed by atoms with van der Waals surface area (Å²) < 4.78 is 14.9. The molecule has 2 fully saturated rings. The molecule has 10 rings (SSSR count). The first-order valence-electron chi connectivity index (χ1n) is 30.3. The molecule has 2 aliphatic heterocycles. The van der Waals surface area contributed by atoms with Gasteiger partial charge in [0.15, 0.2) is 5.82 Å². The molecular weight excluding hydrogens is 1170 g/mol. The lowest BCUT2D eigenvalue weighted by Gasteiger charge is -2.39. The summed E-state index contributed by atoms with van der Waals surface area (Å²) in [5.74, 6) is -1.22. The number of likely N-dealkylation sites (tertiary alicyclic amines) is 1. The molecule has 0 unspecified atom stereocenters. The number of aryl methyl sites for hydroxylation is 4. The van der Waals surface area contributed by atoms with E-state index in [0.717, 1.165) is 64.1 Å². The van der Waals surface area contributed by atoms with Crippen molar-refractivity contribution in [1.29, 1.82) is 0 Å². The largest absolute Gasteiger partial charge is 0.391 e. The number of hydrogen-bond donors (Lipinski definition) is 5. The monoisotopic (exact) mass is 1250 g/mol. The zero-order chi connectivity index (χ0) is 62.9. The highest BCUT2D eigenvalue weighted by molar-refractivity contribution is 7.14. The van der Waals surface area contributed by atoms with Gasteiger partial charge in [-0.15, -0.1) is 27.8 Å². The highest BCUT2D eigenvalue weighted by atomic mass is 32.1. The Morgan fingerprint density at radius 3 is 2.40 bits per heavy atom. The third-order valence-electron chi connectivity index (χ3n) is 16.6. The van der Waals surface area contributed by atoms with Gasteiger partial charge < -0.3 is 50.2 Å². The van der Waals surface area contributed by atoms with Gasteiger partial charge >= 0.3 is 0 Å². The summed E-state index contributed by atoms with van der Waals surface area (Å²) in [6.45, 7) is 12.8. The van der Waals surface area contributed by atoms with Crippen molar-refractivity contribution in [2.75, 3.05) is 70.3 Å². The van der Waals surface area contributed by atoms with Gasteiger partial charge in [-0.2, -0.15) is 0 Å². The average Bonchev–Trinajstić information content (AvgIpc) is 1.97. The molecule has 2 saturated heterocycles. The van der Waals surface area contributed by atoms with Crippen LogP contribution in [0.15, 0.2) is 95.5 Å². The van der Waals surface area contributed by atoms with E-state index in [1.54, 1.807) is 40.6 Å². The summed E-state index contributed by atoms with van der Waals surface area (Å²) in [4.78, 5) is 99.1. The van der Waals surface area contributed by atoms with Crippen LogP contribution in [0.2, 0.25) is 0 Å². The summed E-state index contributed by atoms with van der Waals surface area (Å²) in [6, 6.07) is 20.7. The van der Waals surface area contributed by atoms with Crippen molar-refractivity contribution in [3.63, 3.8) is 0 Å². The number of aliphatic hydroxyl groups excluding tert-OH is 1. The minimum Gasteiger partial charge on any atom is -0.391 e. The van der Waals surface area contributed by atoms with Crippen LogP contribution >= 0.6 is 22.7 Å². The lowest BCUT2D eigenvalue weighted by atomic mass is 9.85. The number of β-amino-alcohol motifs (C(OH)–C–C–N with tert-alkyl or cyclic N) is 1. The fraction of sp³-hybridized carbons (Fsp3) is 0.446. The summed E-state index contributed by atoms with van der Waals surface area (Å²) in [7, 11) is 3.61. The SMILES string of the molecule is Cc1ncsc1-c1ccc(CNC(=O)[C@@H]2C[C@@H](O)CN2C(=O)[C@@H](NC(=O)CCOCCc2cn(CCOCCN3CCN(C)[C@H](c4ccc(Nc5nc(-c6cccc(NC(=O)c7cc8c(s7)CCCC8)c6C)cn(C)c5=O)cc4)C3=O)nn2)C(C)(C)C)cc1. The number of nitrogens with one attached hydrogen (secondary N) is 4. The quantitative estimate of drug-likeness (QED) is 0.0382. The van der Waals surface area contributed by atoms with Gasteiger partial charge in [-0.25, -0.2) is 14.6 Å². The fourth-order valence-electron chi connectivity index (χ4n) is 11.5. The average molecular weight is 1250 g/mol. The number of rotatable bonds is 24. The Labute approximate surface area is 526 Å². The molecule has 5 amide bonds. The van der Waals surface area contributed by atoms with Crippen LogP contribution in [0.1, 0.15) is 101 Å². The number of likely N-dealkylation sites (N-methyl/N-ethyl adjacent to an activating group) is 1. The first kappa shape index (κ1) is 64.0. The van der Waals surface area contributed by atoms with Gasteiger partial charge in [-0.1, -0.05) is 74.5 Å². The number of nitrogens with zero attached hydrogens (tertiary/aromatic N) is 9. The van der Waals surface area contributed by atoms with E-state index in [9.17, 15) is 33.9 Å². The molecule has 3 aliphatic rings. The summed E-state index contributed by atoms with van der Waals surface area (Å²) in [5, 5.41) is 31.3. The number of hydrogen-bond acceptors (Lipinski definition) is 17. The topological polar surface area (TPSA) is 260 Å². The maximum absolute atomic E-state index is 14.1.